The molecule has 0 aliphatic heterocycles. The molecular formula is C31H31F9N4O6. The molecule has 2 heterocycles. The molecule has 0 aliphatic rings. The Morgan fingerprint density at radius 1 is 0.720 bits per heavy atom. The number of carboxylic acids is 1. The summed E-state index contributed by atoms with van der Waals surface area (Å²) in [5, 5.41) is 17.3. The van der Waals surface area contributed by atoms with Gasteiger partial charge in [0, 0.05) is 35.2 Å². The van der Waals surface area contributed by atoms with E-state index in [0.29, 0.717) is 35.4 Å². The third kappa shape index (κ3) is 12.1. The number of nitrogens with zero attached hydrogens (tertiary/aromatic N) is 3. The van der Waals surface area contributed by atoms with Crippen LogP contribution >= 0.6 is 0 Å². The van der Waals surface area contributed by atoms with Crippen molar-refractivity contribution in [2.45, 2.75) is 44.8 Å². The largest absolute Gasteiger partial charge is 0.492 e. The predicted molar refractivity (Wildman–Crippen MR) is 162 cm³/mol. The Morgan fingerprint density at radius 2 is 1.12 bits per heavy atom. The summed E-state index contributed by atoms with van der Waals surface area (Å²) < 4.78 is 119. The van der Waals surface area contributed by atoms with E-state index in [0.717, 1.165) is 24.3 Å². The maximum absolute atomic E-state index is 12.8. The van der Waals surface area contributed by atoms with Crippen LogP contribution in [0.5, 0.6) is 11.5 Å². The maximum Gasteiger partial charge on any atom is 0.490 e. The number of alkyl halides is 9. The van der Waals surface area contributed by atoms with E-state index >= 15 is 0 Å². The van der Waals surface area contributed by atoms with Crippen molar-refractivity contribution in [3.05, 3.63) is 72.1 Å². The number of halogens is 9. The monoisotopic (exact) mass is 726 g/mol. The standard InChI is InChI=1S/C17H19F3N2O3.C12H11F3N2O.C2HF3O2/c1-16(2,3)22(15(23)24)8-9-25-14-6-7-21-13-10-11(17(18,19)20)4-5-12(13)14;13-12(14,15)8-1-2-9-10(7-8)17-5-3-11(9)18-6-4-16;3-2(4,5)1(6)7/h4-7,10H,8-9H2,1-3H3,(H,23,24);1-3,5,7H,4,6,16H2;(H,6,7). The molecule has 0 unspecified atom stereocenters. The first-order valence-corrected chi connectivity index (χ1v) is 14.1. The van der Waals surface area contributed by atoms with Crippen molar-refractivity contribution in [3.63, 3.8) is 0 Å². The highest BCUT2D eigenvalue weighted by molar-refractivity contribution is 5.86. The molecule has 0 radical (unpaired) electrons. The maximum atomic E-state index is 12.8. The molecule has 50 heavy (non-hydrogen) atoms. The van der Waals surface area contributed by atoms with E-state index in [2.05, 4.69) is 9.97 Å². The van der Waals surface area contributed by atoms with Crippen LogP contribution in [0.1, 0.15) is 31.9 Å². The number of carboxylic acid groups (broad SMARTS) is 2. The van der Waals surface area contributed by atoms with Crippen LogP contribution in [-0.2, 0) is 17.1 Å². The molecule has 4 rings (SSSR count). The average molecular weight is 727 g/mol. The molecule has 0 aliphatic carbocycles. The number of fused-ring (bicyclic) bond motifs is 2. The van der Waals surface area contributed by atoms with E-state index in [1.807, 2.05) is 0 Å². The van der Waals surface area contributed by atoms with Gasteiger partial charge in [-0.2, -0.15) is 39.5 Å². The molecule has 0 saturated heterocycles. The number of hydrogen-bond acceptors (Lipinski definition) is 7. The van der Waals surface area contributed by atoms with Gasteiger partial charge in [-0.15, -0.1) is 0 Å². The fourth-order valence-electron chi connectivity index (χ4n) is 3.98. The molecular weight excluding hydrogens is 695 g/mol. The fourth-order valence-corrected chi connectivity index (χ4v) is 3.98. The van der Waals surface area contributed by atoms with Crippen LogP contribution in [0.4, 0.5) is 44.3 Å². The van der Waals surface area contributed by atoms with E-state index in [-0.39, 0.29) is 24.2 Å². The zero-order chi connectivity index (χ0) is 38.1. The van der Waals surface area contributed by atoms with E-state index in [4.69, 9.17) is 25.1 Å². The van der Waals surface area contributed by atoms with Crippen molar-refractivity contribution in [3.8, 4) is 11.5 Å². The number of ether oxygens (including phenoxy) is 2. The summed E-state index contributed by atoms with van der Waals surface area (Å²) in [5.74, 6) is -1.91. The third-order valence-corrected chi connectivity index (χ3v) is 6.29. The minimum absolute atomic E-state index is 0.0731. The first-order valence-electron chi connectivity index (χ1n) is 14.1. The zero-order valence-electron chi connectivity index (χ0n) is 26.5. The van der Waals surface area contributed by atoms with Gasteiger partial charge >= 0.3 is 30.6 Å². The molecule has 19 heteroatoms. The minimum atomic E-state index is -5.08. The van der Waals surface area contributed by atoms with Gasteiger partial charge in [0.15, 0.2) is 0 Å². The number of aromatic nitrogens is 2. The molecule has 10 nitrogen and oxygen atoms in total. The van der Waals surface area contributed by atoms with Crippen molar-refractivity contribution in [1.29, 1.82) is 0 Å². The predicted octanol–water partition coefficient (Wildman–Crippen LogP) is 7.64. The SMILES string of the molecule is CC(C)(C)N(CCOc1ccnc2cc(C(F)(F)F)ccc12)C(=O)O.NCCOc1ccnc2cc(C(F)(F)F)ccc12.O=C(O)C(F)(F)F. The number of pyridine rings is 2. The van der Waals surface area contributed by atoms with Crippen LogP contribution in [0, 0.1) is 0 Å². The van der Waals surface area contributed by atoms with Gasteiger partial charge in [-0.1, -0.05) is 0 Å². The van der Waals surface area contributed by atoms with Gasteiger partial charge in [0.05, 0.1) is 28.7 Å². The summed E-state index contributed by atoms with van der Waals surface area (Å²) in [5.41, 5.74) is 3.63. The smallest absolute Gasteiger partial charge is 0.490 e. The summed E-state index contributed by atoms with van der Waals surface area (Å²) in [4.78, 5) is 29.3. The van der Waals surface area contributed by atoms with Crippen LogP contribution in [-0.4, -0.2) is 75.2 Å². The molecule has 274 valence electrons. The van der Waals surface area contributed by atoms with Crippen molar-refractivity contribution < 1.29 is 68.8 Å². The first-order chi connectivity index (χ1) is 23.0. The molecule has 0 fully saturated rings. The molecule has 2 aromatic carbocycles. The lowest BCUT2D eigenvalue weighted by Crippen LogP contribution is -2.46. The minimum Gasteiger partial charge on any atom is -0.492 e. The molecule has 0 spiro atoms. The molecule has 4 N–H and O–H groups in total. The van der Waals surface area contributed by atoms with Crippen LogP contribution in [0.25, 0.3) is 21.8 Å². The van der Waals surface area contributed by atoms with Gasteiger partial charge in [-0.25, -0.2) is 9.59 Å². The lowest BCUT2D eigenvalue weighted by atomic mass is 10.1. The number of aliphatic carboxylic acids is 1. The normalized spacial score (nSPS) is 11.9. The Labute approximate surface area is 278 Å². The van der Waals surface area contributed by atoms with Crippen LogP contribution in [0.2, 0.25) is 0 Å². The third-order valence-electron chi connectivity index (χ3n) is 6.29. The Morgan fingerprint density at radius 3 is 1.44 bits per heavy atom. The summed E-state index contributed by atoms with van der Waals surface area (Å²) in [6.07, 6.45) is -12.2. The van der Waals surface area contributed by atoms with E-state index < -0.39 is 47.3 Å². The molecule has 0 bridgehead atoms. The van der Waals surface area contributed by atoms with E-state index in [9.17, 15) is 49.4 Å². The second-order valence-corrected chi connectivity index (χ2v) is 11.0. The molecule has 2 aromatic heterocycles. The first kappa shape index (κ1) is 41.1. The van der Waals surface area contributed by atoms with E-state index in [1.165, 1.54) is 35.5 Å². The highest BCUT2D eigenvalue weighted by Crippen LogP contribution is 2.34. The van der Waals surface area contributed by atoms with Crippen LogP contribution in [0.3, 0.4) is 0 Å². The highest BCUT2D eigenvalue weighted by Gasteiger charge is 2.38. The quantitative estimate of drug-likeness (QED) is 0.164. The molecule has 1 amide bonds. The zero-order valence-corrected chi connectivity index (χ0v) is 26.5. The van der Waals surface area contributed by atoms with Crippen molar-refractivity contribution in [1.82, 2.24) is 14.9 Å². The second-order valence-electron chi connectivity index (χ2n) is 11.0. The van der Waals surface area contributed by atoms with Crippen molar-refractivity contribution >= 4 is 33.9 Å². The Balaban J connectivity index is 0.000000301. The number of hydrogen-bond donors (Lipinski definition) is 3. The lowest BCUT2D eigenvalue weighted by molar-refractivity contribution is -0.192. The molecule has 4 aromatic rings. The van der Waals surface area contributed by atoms with Crippen LogP contribution in [0.15, 0.2) is 60.9 Å². The second kappa shape index (κ2) is 16.6. The van der Waals surface area contributed by atoms with Gasteiger partial charge < -0.3 is 30.3 Å². The van der Waals surface area contributed by atoms with Crippen molar-refractivity contribution in [2.75, 3.05) is 26.3 Å². The van der Waals surface area contributed by atoms with Gasteiger partial charge in [0.25, 0.3) is 0 Å². The van der Waals surface area contributed by atoms with Gasteiger partial charge in [-0.05, 0) is 69.3 Å². The summed E-state index contributed by atoms with van der Waals surface area (Å²) >= 11 is 0. The van der Waals surface area contributed by atoms with Gasteiger partial charge in [-0.3, -0.25) is 9.97 Å². The topological polar surface area (TPSA) is 148 Å². The Hall–Kier alpha value is -5.07. The average Bonchev–Trinajstić information content (AvgIpc) is 3.00. The van der Waals surface area contributed by atoms with Crippen LogP contribution < -0.4 is 15.2 Å². The van der Waals surface area contributed by atoms with E-state index in [1.54, 1.807) is 26.8 Å². The molecule has 0 atom stereocenters. The Kier molecular flexibility index (Phi) is 13.6. The van der Waals surface area contributed by atoms with Gasteiger partial charge in [0.2, 0.25) is 0 Å². The van der Waals surface area contributed by atoms with Gasteiger partial charge in [0.1, 0.15) is 24.7 Å². The fraction of sp³-hybridized carbons (Fsp3) is 0.355. The lowest BCUT2D eigenvalue weighted by Gasteiger charge is -2.33. The summed E-state index contributed by atoms with van der Waals surface area (Å²) in [7, 11) is 0. The number of nitrogens with two attached hydrogens (primary N) is 1. The van der Waals surface area contributed by atoms with Crippen molar-refractivity contribution in [2.24, 2.45) is 5.73 Å². The number of carbonyl (C=O) groups is 2. The number of benzene rings is 2. The number of rotatable bonds is 7. The highest BCUT2D eigenvalue weighted by atomic mass is 19.4. The summed E-state index contributed by atoms with van der Waals surface area (Å²) in [6.45, 7) is 6.14. The Bertz CT molecular complexity index is 1760. The summed E-state index contributed by atoms with van der Waals surface area (Å²) in [6, 6.07) is 9.75. The molecule has 0 saturated carbocycles. The number of amides is 1.